The molecule has 0 bridgehead atoms. The fraction of sp³-hybridized carbons (Fsp3) is 0.333. The largest absolute Gasteiger partial charge is 0.325 e. The Hall–Kier alpha value is -1.74. The molecule has 2 atom stereocenters. The van der Waals surface area contributed by atoms with Crippen LogP contribution in [-0.4, -0.2) is 48.8 Å². The number of nitrogens with zero attached hydrogens (tertiary/aromatic N) is 2. The van der Waals surface area contributed by atoms with Crippen LogP contribution >= 0.6 is 35.0 Å². The van der Waals surface area contributed by atoms with Crippen LogP contribution in [0.2, 0.25) is 10.0 Å². The first-order valence-corrected chi connectivity index (χ1v) is 13.2. The van der Waals surface area contributed by atoms with E-state index in [-0.39, 0.29) is 35.2 Å². The molecule has 1 amide bonds. The maximum Gasteiger partial charge on any atom is 0.234 e. The summed E-state index contributed by atoms with van der Waals surface area (Å²) in [6.07, 6.45) is 0. The molecule has 2 aromatic carbocycles. The summed E-state index contributed by atoms with van der Waals surface area (Å²) in [6, 6.07) is 10.2. The van der Waals surface area contributed by atoms with Gasteiger partial charge in [0, 0.05) is 21.4 Å². The monoisotopic (exact) mass is 497 g/mol. The summed E-state index contributed by atoms with van der Waals surface area (Å²) in [7, 11) is -3.17. The molecule has 1 fully saturated rings. The Morgan fingerprint density at radius 1 is 1.16 bits per heavy atom. The van der Waals surface area contributed by atoms with Crippen LogP contribution in [0.5, 0.6) is 0 Å². The second-order valence-corrected chi connectivity index (χ2v) is 11.7. The number of rotatable bonds is 4. The minimum absolute atomic E-state index is 0.00127. The number of halogens is 2. The molecule has 0 spiro atoms. The molecule has 2 aromatic rings. The molecule has 2 aliphatic rings. The third-order valence-corrected chi connectivity index (χ3v) is 8.32. The van der Waals surface area contributed by atoms with Crippen LogP contribution in [0.25, 0.3) is 0 Å². The minimum atomic E-state index is -3.17. The van der Waals surface area contributed by atoms with E-state index in [9.17, 15) is 13.2 Å². The highest BCUT2D eigenvalue weighted by atomic mass is 35.5. The van der Waals surface area contributed by atoms with E-state index >= 15 is 0 Å². The van der Waals surface area contributed by atoms with Crippen molar-refractivity contribution in [1.29, 1.82) is 0 Å². The fourth-order valence-electron chi connectivity index (χ4n) is 3.88. The highest BCUT2D eigenvalue weighted by Crippen LogP contribution is 2.37. The molecule has 0 aromatic heterocycles. The predicted molar refractivity (Wildman–Crippen MR) is 130 cm³/mol. The average Bonchev–Trinajstić information content (AvgIpc) is 3.12. The second-order valence-electron chi connectivity index (χ2n) is 7.78. The number of aliphatic imine (C=N–C) groups is 1. The highest BCUT2D eigenvalue weighted by Gasteiger charge is 2.47. The van der Waals surface area contributed by atoms with Gasteiger partial charge in [-0.2, -0.15) is 0 Å². The van der Waals surface area contributed by atoms with E-state index in [0.29, 0.717) is 20.9 Å². The Morgan fingerprint density at radius 2 is 1.87 bits per heavy atom. The summed E-state index contributed by atoms with van der Waals surface area (Å²) in [5.41, 5.74) is 3.56. The highest BCUT2D eigenvalue weighted by molar-refractivity contribution is 8.14. The van der Waals surface area contributed by atoms with E-state index in [4.69, 9.17) is 23.2 Å². The Bertz CT molecular complexity index is 1160. The van der Waals surface area contributed by atoms with Gasteiger partial charge in [0.1, 0.15) is 0 Å². The van der Waals surface area contributed by atoms with E-state index < -0.39 is 9.84 Å². The van der Waals surface area contributed by atoms with E-state index in [1.54, 1.807) is 18.2 Å². The van der Waals surface area contributed by atoms with Crippen molar-refractivity contribution in [3.05, 3.63) is 57.6 Å². The van der Waals surface area contributed by atoms with Crippen LogP contribution in [-0.2, 0) is 14.6 Å². The van der Waals surface area contributed by atoms with Gasteiger partial charge in [-0.3, -0.25) is 9.79 Å². The zero-order valence-corrected chi connectivity index (χ0v) is 20.1. The van der Waals surface area contributed by atoms with Crippen LogP contribution in [0, 0.1) is 13.8 Å². The van der Waals surface area contributed by atoms with Crippen molar-refractivity contribution in [2.45, 2.75) is 25.9 Å². The topological polar surface area (TPSA) is 78.8 Å². The van der Waals surface area contributed by atoms with Crippen LogP contribution in [0.4, 0.5) is 11.4 Å². The SMILES string of the molecule is Cc1ccc(NC(=O)CSC2=N[C@H]3CS(=O)(=O)C[C@@H]3N2c2cc(Cl)cc(Cl)c2)c(C)c1. The summed E-state index contributed by atoms with van der Waals surface area (Å²) in [6.45, 7) is 3.95. The second kappa shape index (κ2) is 8.65. The zero-order valence-electron chi connectivity index (χ0n) is 16.9. The third-order valence-electron chi connectivity index (χ3n) is 5.22. The van der Waals surface area contributed by atoms with Gasteiger partial charge < -0.3 is 10.2 Å². The van der Waals surface area contributed by atoms with Crippen molar-refractivity contribution in [1.82, 2.24) is 0 Å². The number of thioether (sulfide) groups is 1. The standard InChI is InChI=1S/C21H21Cl2N3O3S2/c1-12-3-4-17(13(2)5-12)24-20(27)9-30-21-25-18-10-31(28,29)11-19(18)26(21)16-7-14(22)6-15(23)8-16/h3-8,18-19H,9-11H2,1-2H3,(H,24,27)/t18-,19-/m0/s1. The number of aryl methyl sites for hydroxylation is 2. The molecular formula is C21H21Cl2N3O3S2. The number of carbonyl (C=O) groups excluding carboxylic acids is 1. The first kappa shape index (κ1) is 22.5. The average molecular weight is 498 g/mol. The van der Waals surface area contributed by atoms with Gasteiger partial charge in [0.2, 0.25) is 5.91 Å². The molecule has 31 heavy (non-hydrogen) atoms. The van der Waals surface area contributed by atoms with E-state index in [0.717, 1.165) is 16.8 Å². The number of fused-ring (bicyclic) bond motifs is 1. The molecule has 2 heterocycles. The lowest BCUT2D eigenvalue weighted by Gasteiger charge is -2.26. The number of benzene rings is 2. The first-order valence-electron chi connectivity index (χ1n) is 9.65. The molecule has 1 N–H and O–H groups in total. The number of amides is 1. The van der Waals surface area contributed by atoms with E-state index in [1.165, 1.54) is 11.8 Å². The number of amidine groups is 1. The van der Waals surface area contributed by atoms with Crippen molar-refractivity contribution in [2.24, 2.45) is 4.99 Å². The molecule has 10 heteroatoms. The fourth-order valence-corrected chi connectivity index (χ4v) is 7.17. The van der Waals surface area contributed by atoms with Crippen LogP contribution < -0.4 is 10.2 Å². The van der Waals surface area contributed by atoms with Crippen molar-refractivity contribution in [2.75, 3.05) is 27.5 Å². The molecule has 0 saturated carbocycles. The molecular weight excluding hydrogens is 477 g/mol. The summed E-state index contributed by atoms with van der Waals surface area (Å²) >= 11 is 13.6. The maximum absolute atomic E-state index is 12.6. The van der Waals surface area contributed by atoms with Crippen LogP contribution in [0.15, 0.2) is 41.4 Å². The lowest BCUT2D eigenvalue weighted by atomic mass is 10.1. The number of anilines is 2. The normalized spacial score (nSPS) is 21.7. The Kier molecular flexibility index (Phi) is 6.27. The molecule has 164 valence electrons. The van der Waals surface area contributed by atoms with Gasteiger partial charge in [-0.25, -0.2) is 8.42 Å². The van der Waals surface area contributed by atoms with E-state index in [2.05, 4.69) is 10.3 Å². The maximum atomic E-state index is 12.6. The number of hydrogen-bond donors (Lipinski definition) is 1. The van der Waals surface area contributed by atoms with Crippen molar-refractivity contribution in [3.8, 4) is 0 Å². The summed E-state index contributed by atoms with van der Waals surface area (Å²) in [5.74, 6) is -0.0115. The van der Waals surface area contributed by atoms with Gasteiger partial charge in [0.25, 0.3) is 0 Å². The van der Waals surface area contributed by atoms with Crippen molar-refractivity contribution in [3.63, 3.8) is 0 Å². The molecule has 0 unspecified atom stereocenters. The number of hydrogen-bond acceptors (Lipinski definition) is 6. The Morgan fingerprint density at radius 3 is 2.55 bits per heavy atom. The van der Waals surface area contributed by atoms with Gasteiger partial charge in [0.05, 0.1) is 29.3 Å². The molecule has 6 nitrogen and oxygen atoms in total. The molecule has 2 aliphatic heterocycles. The number of nitrogens with one attached hydrogen (secondary N) is 1. The molecule has 4 rings (SSSR count). The Balaban J connectivity index is 1.53. The van der Waals surface area contributed by atoms with E-state index in [1.807, 2.05) is 36.9 Å². The van der Waals surface area contributed by atoms with Gasteiger partial charge in [0.15, 0.2) is 15.0 Å². The molecule has 0 aliphatic carbocycles. The number of carbonyl (C=O) groups is 1. The first-order chi connectivity index (χ1) is 14.6. The van der Waals surface area contributed by atoms with Crippen LogP contribution in [0.1, 0.15) is 11.1 Å². The quantitative estimate of drug-likeness (QED) is 0.679. The van der Waals surface area contributed by atoms with Gasteiger partial charge in [-0.05, 0) is 43.7 Å². The van der Waals surface area contributed by atoms with Gasteiger partial charge >= 0.3 is 0 Å². The lowest BCUT2D eigenvalue weighted by Crippen LogP contribution is -2.39. The molecule has 1 saturated heterocycles. The minimum Gasteiger partial charge on any atom is -0.325 e. The zero-order chi connectivity index (χ0) is 22.3. The smallest absolute Gasteiger partial charge is 0.234 e. The predicted octanol–water partition coefficient (Wildman–Crippen LogP) is 4.32. The van der Waals surface area contributed by atoms with Crippen molar-refractivity contribution >= 4 is 67.3 Å². The lowest BCUT2D eigenvalue weighted by molar-refractivity contribution is -0.113. The third kappa shape index (κ3) is 5.03. The summed E-state index contributed by atoms with van der Waals surface area (Å²) in [5, 5.41) is 4.42. The van der Waals surface area contributed by atoms with Crippen LogP contribution in [0.3, 0.4) is 0 Å². The van der Waals surface area contributed by atoms with Gasteiger partial charge in [-0.15, -0.1) is 0 Å². The number of sulfone groups is 1. The Labute approximate surface area is 195 Å². The molecule has 0 radical (unpaired) electrons. The van der Waals surface area contributed by atoms with Gasteiger partial charge in [-0.1, -0.05) is 52.7 Å². The van der Waals surface area contributed by atoms with Crippen molar-refractivity contribution < 1.29 is 13.2 Å². The summed E-state index contributed by atoms with van der Waals surface area (Å²) < 4.78 is 24.3. The summed E-state index contributed by atoms with van der Waals surface area (Å²) in [4.78, 5) is 19.0.